The maximum Gasteiger partial charge on any atom is 0.137 e. The topological polar surface area (TPSA) is 19.4 Å². The number of nitrogens with zero attached hydrogens (tertiary/aromatic N) is 3. The second-order valence-corrected chi connectivity index (χ2v) is 5.80. The fraction of sp³-hybridized carbons (Fsp3) is 0.389. The molecule has 0 bridgehead atoms. The lowest BCUT2D eigenvalue weighted by molar-refractivity contribution is 0.187. The molecule has 3 rings (SSSR count). The summed E-state index contributed by atoms with van der Waals surface area (Å²) in [6.45, 7) is 1.17. The molecule has 1 fully saturated rings. The molecule has 0 radical (unpaired) electrons. The highest BCUT2D eigenvalue weighted by Crippen LogP contribution is 2.35. The smallest absolute Gasteiger partial charge is 0.137 e. The van der Waals surface area contributed by atoms with E-state index in [1.165, 1.54) is 37.1 Å². The van der Waals surface area contributed by atoms with Gasteiger partial charge in [0.15, 0.2) is 0 Å². The highest BCUT2D eigenvalue weighted by molar-refractivity contribution is 5.62. The number of likely N-dealkylation sites (tertiary alicyclic amines) is 1. The van der Waals surface area contributed by atoms with E-state index in [-0.39, 0.29) is 0 Å². The molecule has 3 nitrogen and oxygen atoms in total. The van der Waals surface area contributed by atoms with Gasteiger partial charge in [0.05, 0.1) is 0 Å². The molecule has 0 aliphatic carbocycles. The molecular weight excluding hydrogens is 258 g/mol. The van der Waals surface area contributed by atoms with Gasteiger partial charge in [0.1, 0.15) is 5.82 Å². The van der Waals surface area contributed by atoms with Crippen molar-refractivity contribution in [1.82, 2.24) is 9.88 Å². The van der Waals surface area contributed by atoms with Crippen LogP contribution < -0.4 is 4.90 Å². The number of rotatable bonds is 3. The fourth-order valence-electron chi connectivity index (χ4n) is 3.19. The van der Waals surface area contributed by atoms with E-state index < -0.39 is 0 Å². The quantitative estimate of drug-likeness (QED) is 0.847. The van der Waals surface area contributed by atoms with Gasteiger partial charge >= 0.3 is 0 Å². The normalized spacial score (nSPS) is 19.4. The lowest BCUT2D eigenvalue weighted by atomic mass is 9.96. The van der Waals surface area contributed by atoms with Crippen LogP contribution in [0, 0.1) is 0 Å². The van der Waals surface area contributed by atoms with Crippen molar-refractivity contribution in [2.45, 2.75) is 25.3 Å². The van der Waals surface area contributed by atoms with Crippen LogP contribution in [0.5, 0.6) is 0 Å². The predicted molar refractivity (Wildman–Crippen MR) is 88.0 cm³/mol. The first-order valence-electron chi connectivity index (χ1n) is 7.71. The van der Waals surface area contributed by atoms with Gasteiger partial charge in [0, 0.05) is 30.5 Å². The molecule has 2 heterocycles. The third kappa shape index (κ3) is 2.93. The van der Waals surface area contributed by atoms with Crippen LogP contribution in [0.4, 0.5) is 11.5 Å². The second kappa shape index (κ2) is 6.27. The number of benzene rings is 1. The van der Waals surface area contributed by atoms with E-state index in [1.54, 1.807) is 0 Å². The van der Waals surface area contributed by atoms with E-state index in [2.05, 4.69) is 65.3 Å². The zero-order valence-corrected chi connectivity index (χ0v) is 12.9. The van der Waals surface area contributed by atoms with Crippen molar-refractivity contribution >= 4 is 11.5 Å². The Hall–Kier alpha value is -1.87. The van der Waals surface area contributed by atoms with Gasteiger partial charge in [-0.3, -0.25) is 4.90 Å². The number of piperidine rings is 1. The average Bonchev–Trinajstić information content (AvgIpc) is 2.55. The van der Waals surface area contributed by atoms with Gasteiger partial charge in [-0.25, -0.2) is 4.98 Å². The summed E-state index contributed by atoms with van der Waals surface area (Å²) in [4.78, 5) is 9.32. The molecule has 1 unspecified atom stereocenters. The summed E-state index contributed by atoms with van der Waals surface area (Å²) in [6.07, 6.45) is 5.72. The number of hydrogen-bond donors (Lipinski definition) is 0. The van der Waals surface area contributed by atoms with Crippen LogP contribution in [-0.2, 0) is 0 Å². The van der Waals surface area contributed by atoms with Crippen molar-refractivity contribution < 1.29 is 0 Å². The number of para-hydroxylation sites is 1. The van der Waals surface area contributed by atoms with Crippen LogP contribution in [0.2, 0.25) is 0 Å². The Bertz CT molecular complexity index is 582. The molecular formula is C18H23N3. The van der Waals surface area contributed by atoms with Crippen molar-refractivity contribution in [3.05, 3.63) is 54.2 Å². The SMILES string of the molecule is CN(c1ccccc1)c1ncccc1C1CCCCN1C. The summed E-state index contributed by atoms with van der Waals surface area (Å²) in [5.74, 6) is 1.07. The number of aromatic nitrogens is 1. The summed E-state index contributed by atoms with van der Waals surface area (Å²) in [6, 6.07) is 15.2. The minimum absolute atomic E-state index is 0.480. The lowest BCUT2D eigenvalue weighted by Gasteiger charge is -2.35. The molecule has 1 atom stereocenters. The van der Waals surface area contributed by atoms with Crippen LogP contribution in [-0.4, -0.2) is 30.5 Å². The van der Waals surface area contributed by atoms with Gasteiger partial charge < -0.3 is 4.90 Å². The molecule has 1 aromatic carbocycles. The average molecular weight is 281 g/mol. The van der Waals surface area contributed by atoms with E-state index in [0.29, 0.717) is 6.04 Å². The van der Waals surface area contributed by atoms with E-state index in [9.17, 15) is 0 Å². The molecule has 1 aromatic heterocycles. The molecule has 2 aromatic rings. The largest absolute Gasteiger partial charge is 0.329 e. The summed E-state index contributed by atoms with van der Waals surface area (Å²) >= 11 is 0. The minimum atomic E-state index is 0.480. The summed E-state index contributed by atoms with van der Waals surface area (Å²) < 4.78 is 0. The number of anilines is 2. The van der Waals surface area contributed by atoms with Crippen LogP contribution >= 0.6 is 0 Å². The Kier molecular flexibility index (Phi) is 4.20. The zero-order valence-electron chi connectivity index (χ0n) is 12.9. The predicted octanol–water partition coefficient (Wildman–Crippen LogP) is 4.01. The highest BCUT2D eigenvalue weighted by Gasteiger charge is 2.24. The first-order chi connectivity index (χ1) is 10.3. The molecule has 0 N–H and O–H groups in total. The molecule has 3 heteroatoms. The molecule has 0 saturated carbocycles. The zero-order chi connectivity index (χ0) is 14.7. The van der Waals surface area contributed by atoms with E-state index in [0.717, 1.165) is 5.82 Å². The first kappa shape index (κ1) is 14.1. The molecule has 110 valence electrons. The Morgan fingerprint density at radius 2 is 1.90 bits per heavy atom. The monoisotopic (exact) mass is 281 g/mol. The van der Waals surface area contributed by atoms with Crippen molar-refractivity contribution in [3.63, 3.8) is 0 Å². The van der Waals surface area contributed by atoms with Gasteiger partial charge in [0.25, 0.3) is 0 Å². The van der Waals surface area contributed by atoms with Gasteiger partial charge in [-0.05, 0) is 44.6 Å². The lowest BCUT2D eigenvalue weighted by Crippen LogP contribution is -2.31. The van der Waals surface area contributed by atoms with Crippen LogP contribution in [0.25, 0.3) is 0 Å². The van der Waals surface area contributed by atoms with Crippen molar-refractivity contribution in [1.29, 1.82) is 0 Å². The van der Waals surface area contributed by atoms with E-state index in [1.807, 2.05) is 12.3 Å². The summed E-state index contributed by atoms with van der Waals surface area (Å²) in [7, 11) is 4.33. The van der Waals surface area contributed by atoms with Crippen molar-refractivity contribution in [2.24, 2.45) is 0 Å². The molecule has 1 aliphatic heterocycles. The Balaban J connectivity index is 1.96. The Morgan fingerprint density at radius 3 is 2.67 bits per heavy atom. The highest BCUT2D eigenvalue weighted by atomic mass is 15.2. The summed E-state index contributed by atoms with van der Waals surface area (Å²) in [5, 5.41) is 0. The first-order valence-corrected chi connectivity index (χ1v) is 7.71. The number of hydrogen-bond acceptors (Lipinski definition) is 3. The van der Waals surface area contributed by atoms with Crippen LogP contribution in [0.3, 0.4) is 0 Å². The van der Waals surface area contributed by atoms with E-state index in [4.69, 9.17) is 0 Å². The van der Waals surface area contributed by atoms with Gasteiger partial charge in [-0.2, -0.15) is 0 Å². The minimum Gasteiger partial charge on any atom is -0.329 e. The number of pyridine rings is 1. The molecule has 1 aliphatic rings. The Morgan fingerprint density at radius 1 is 1.10 bits per heavy atom. The third-order valence-electron chi connectivity index (χ3n) is 4.41. The molecule has 21 heavy (non-hydrogen) atoms. The second-order valence-electron chi connectivity index (χ2n) is 5.80. The maximum absolute atomic E-state index is 4.66. The third-order valence-corrected chi connectivity index (χ3v) is 4.41. The summed E-state index contributed by atoms with van der Waals surface area (Å²) in [5.41, 5.74) is 2.52. The van der Waals surface area contributed by atoms with Gasteiger partial charge in [-0.1, -0.05) is 30.7 Å². The van der Waals surface area contributed by atoms with Gasteiger partial charge in [-0.15, -0.1) is 0 Å². The van der Waals surface area contributed by atoms with Gasteiger partial charge in [0.2, 0.25) is 0 Å². The maximum atomic E-state index is 4.66. The Labute approximate surface area is 127 Å². The fourth-order valence-corrected chi connectivity index (χ4v) is 3.19. The van der Waals surface area contributed by atoms with Crippen LogP contribution in [0.1, 0.15) is 30.9 Å². The van der Waals surface area contributed by atoms with Crippen molar-refractivity contribution in [2.75, 3.05) is 25.5 Å². The van der Waals surface area contributed by atoms with Crippen molar-refractivity contribution in [3.8, 4) is 0 Å². The van der Waals surface area contributed by atoms with Crippen LogP contribution in [0.15, 0.2) is 48.7 Å². The molecule has 0 amide bonds. The molecule has 1 saturated heterocycles. The standard InChI is InChI=1S/C18H23N3/c1-20-14-7-6-12-17(20)16-11-8-13-19-18(16)21(2)15-9-4-3-5-10-15/h3-5,8-11,13,17H,6-7,12,14H2,1-2H3. The van der Waals surface area contributed by atoms with E-state index >= 15 is 0 Å². The molecule has 0 spiro atoms.